The fourth-order valence-electron chi connectivity index (χ4n) is 8.58. The molecular formula is C33H42N2O3. The first-order chi connectivity index (χ1) is 18.3. The minimum Gasteiger partial charge on any atom is -0.469 e. The summed E-state index contributed by atoms with van der Waals surface area (Å²) in [5.41, 5.74) is 6.43. The van der Waals surface area contributed by atoms with Gasteiger partial charge >= 0.3 is 5.97 Å². The van der Waals surface area contributed by atoms with Crippen LogP contribution in [-0.2, 0) is 35.5 Å². The van der Waals surface area contributed by atoms with Crippen LogP contribution in [0.3, 0.4) is 0 Å². The number of nitrogens with zero attached hydrogens (tertiary/aromatic N) is 1. The monoisotopic (exact) mass is 514 g/mol. The summed E-state index contributed by atoms with van der Waals surface area (Å²) in [5, 5.41) is 1.37. The van der Waals surface area contributed by atoms with Crippen LogP contribution in [0.2, 0.25) is 0 Å². The van der Waals surface area contributed by atoms with E-state index in [1.807, 2.05) is 6.26 Å². The van der Waals surface area contributed by atoms with E-state index in [4.69, 9.17) is 9.15 Å². The Morgan fingerprint density at radius 1 is 1.21 bits per heavy atom. The molecule has 0 spiro atoms. The standard InChI is InChI=1S/C33H42N2O3/c1-22-10-13-30-32(2,16-7-17-33(30,3)31(36)37-4)26(22)12-11-23-15-19-38-29(23)21-35-18-14-25-24-8-5-6-9-27(24)34-28(25)20-35/h5-6,8-9,15,19,26,30,34H,1,7,10-14,16-18,20-21H2,2-4H3/t26-,30+,32+,33-/m0/s1. The number of aromatic amines is 1. The Hall–Kier alpha value is -2.79. The van der Waals surface area contributed by atoms with E-state index in [0.29, 0.717) is 11.8 Å². The van der Waals surface area contributed by atoms with Gasteiger partial charge in [0.15, 0.2) is 0 Å². The van der Waals surface area contributed by atoms with Gasteiger partial charge in [0.05, 0.1) is 25.3 Å². The Bertz CT molecular complexity index is 1350. The first-order valence-corrected chi connectivity index (χ1v) is 14.5. The number of hydrogen-bond donors (Lipinski definition) is 1. The maximum Gasteiger partial charge on any atom is 0.311 e. The third-order valence-electron chi connectivity index (χ3n) is 10.5. The van der Waals surface area contributed by atoms with Crippen LogP contribution in [0.4, 0.5) is 0 Å². The van der Waals surface area contributed by atoms with Gasteiger partial charge in [0.25, 0.3) is 0 Å². The molecule has 1 N–H and O–H groups in total. The smallest absolute Gasteiger partial charge is 0.311 e. The molecule has 38 heavy (non-hydrogen) atoms. The molecule has 1 aliphatic heterocycles. The molecule has 3 aromatic rings. The lowest BCUT2D eigenvalue weighted by molar-refractivity contribution is -0.168. The van der Waals surface area contributed by atoms with Crippen molar-refractivity contribution in [2.45, 2.75) is 78.3 Å². The van der Waals surface area contributed by atoms with Gasteiger partial charge in [-0.05, 0) is 92.4 Å². The molecule has 4 atom stereocenters. The van der Waals surface area contributed by atoms with Gasteiger partial charge in [-0.15, -0.1) is 0 Å². The Labute approximate surface area is 226 Å². The molecule has 2 fully saturated rings. The maximum atomic E-state index is 12.9. The number of allylic oxidation sites excluding steroid dienone is 1. The molecule has 3 heterocycles. The molecule has 5 nitrogen and oxygen atoms in total. The molecule has 0 bridgehead atoms. The molecule has 6 rings (SSSR count). The molecule has 2 aromatic heterocycles. The SMILES string of the molecule is C=C1CC[C@@H]2[C@](C)(CCC[C@]2(C)C(=O)OC)[C@H]1CCc1ccoc1CN1CCc2c([nH]c3ccccc23)C1. The van der Waals surface area contributed by atoms with Crippen molar-refractivity contribution in [3.63, 3.8) is 0 Å². The van der Waals surface area contributed by atoms with Gasteiger partial charge in [0.1, 0.15) is 5.76 Å². The normalized spacial score (nSPS) is 29.7. The lowest BCUT2D eigenvalue weighted by atomic mass is 9.46. The first kappa shape index (κ1) is 25.5. The van der Waals surface area contributed by atoms with Gasteiger partial charge in [-0.3, -0.25) is 9.69 Å². The van der Waals surface area contributed by atoms with Crippen molar-refractivity contribution in [2.75, 3.05) is 13.7 Å². The summed E-state index contributed by atoms with van der Waals surface area (Å²) >= 11 is 0. The van der Waals surface area contributed by atoms with Crippen molar-refractivity contribution >= 4 is 16.9 Å². The zero-order valence-corrected chi connectivity index (χ0v) is 23.3. The number of ether oxygens (including phenoxy) is 1. The first-order valence-electron chi connectivity index (χ1n) is 14.5. The second-order valence-electron chi connectivity index (χ2n) is 12.6. The highest BCUT2D eigenvalue weighted by molar-refractivity contribution is 5.84. The number of furan rings is 1. The van der Waals surface area contributed by atoms with E-state index in [1.165, 1.54) is 33.3 Å². The maximum absolute atomic E-state index is 12.9. The minimum atomic E-state index is -0.392. The topological polar surface area (TPSA) is 58.5 Å². The number of carbonyl (C=O) groups is 1. The van der Waals surface area contributed by atoms with Gasteiger partial charge in [-0.25, -0.2) is 0 Å². The predicted molar refractivity (Wildman–Crippen MR) is 151 cm³/mol. The summed E-state index contributed by atoms with van der Waals surface area (Å²) in [6, 6.07) is 10.8. The molecule has 202 valence electrons. The number of fused-ring (bicyclic) bond motifs is 4. The molecule has 5 heteroatoms. The van der Waals surface area contributed by atoms with Gasteiger partial charge in [0, 0.05) is 29.7 Å². The molecule has 2 aliphatic carbocycles. The lowest BCUT2D eigenvalue weighted by Gasteiger charge is -2.57. The molecule has 0 amide bonds. The zero-order chi connectivity index (χ0) is 26.5. The van der Waals surface area contributed by atoms with Crippen LogP contribution in [-0.4, -0.2) is 29.5 Å². The third-order valence-corrected chi connectivity index (χ3v) is 10.5. The van der Waals surface area contributed by atoms with Crippen LogP contribution < -0.4 is 0 Å². The van der Waals surface area contributed by atoms with Crippen LogP contribution in [0.1, 0.15) is 75.0 Å². The Morgan fingerprint density at radius 3 is 2.89 bits per heavy atom. The van der Waals surface area contributed by atoms with Crippen molar-refractivity contribution in [3.8, 4) is 0 Å². The summed E-state index contributed by atoms with van der Waals surface area (Å²) in [7, 11) is 1.54. The molecule has 1 aromatic carbocycles. The summed E-state index contributed by atoms with van der Waals surface area (Å²) < 4.78 is 11.4. The highest BCUT2D eigenvalue weighted by atomic mass is 16.5. The third kappa shape index (κ3) is 4.14. The summed E-state index contributed by atoms with van der Waals surface area (Å²) in [6.45, 7) is 11.9. The van der Waals surface area contributed by atoms with Gasteiger partial charge in [-0.2, -0.15) is 0 Å². The molecule has 3 aliphatic rings. The van der Waals surface area contributed by atoms with E-state index >= 15 is 0 Å². The molecule has 0 radical (unpaired) electrons. The minimum absolute atomic E-state index is 0.0311. The van der Waals surface area contributed by atoms with E-state index < -0.39 is 5.41 Å². The number of methoxy groups -OCH3 is 1. The fourth-order valence-corrected chi connectivity index (χ4v) is 8.58. The van der Waals surface area contributed by atoms with Crippen LogP contribution in [0.5, 0.6) is 0 Å². The molecule has 2 saturated carbocycles. The van der Waals surface area contributed by atoms with Crippen molar-refractivity contribution in [1.29, 1.82) is 0 Å². The largest absolute Gasteiger partial charge is 0.469 e. The molecular weight excluding hydrogens is 472 g/mol. The van der Waals surface area contributed by atoms with Crippen molar-refractivity contribution in [3.05, 3.63) is 71.3 Å². The molecule has 0 saturated heterocycles. The average molecular weight is 515 g/mol. The van der Waals surface area contributed by atoms with Crippen molar-refractivity contribution < 1.29 is 13.9 Å². The zero-order valence-electron chi connectivity index (χ0n) is 23.3. The van der Waals surface area contributed by atoms with Crippen LogP contribution in [0.25, 0.3) is 10.9 Å². The summed E-state index contributed by atoms with van der Waals surface area (Å²) in [5.74, 6) is 1.82. The quantitative estimate of drug-likeness (QED) is 0.279. The van der Waals surface area contributed by atoms with Crippen LogP contribution in [0, 0.1) is 22.7 Å². The predicted octanol–water partition coefficient (Wildman–Crippen LogP) is 7.20. The number of para-hydroxylation sites is 1. The summed E-state index contributed by atoms with van der Waals surface area (Å²) in [6.07, 6.45) is 10.2. The van der Waals surface area contributed by atoms with Gasteiger partial charge in [0.2, 0.25) is 0 Å². The number of esters is 1. The van der Waals surface area contributed by atoms with Gasteiger partial charge in [-0.1, -0.05) is 43.7 Å². The van der Waals surface area contributed by atoms with Crippen molar-refractivity contribution in [2.24, 2.45) is 22.7 Å². The van der Waals surface area contributed by atoms with E-state index in [0.717, 1.165) is 76.8 Å². The number of benzene rings is 1. The molecule has 0 unspecified atom stereocenters. The highest BCUT2D eigenvalue weighted by Crippen LogP contribution is 2.62. The number of rotatable bonds is 6. The van der Waals surface area contributed by atoms with Crippen LogP contribution in [0.15, 0.2) is 53.2 Å². The number of hydrogen-bond acceptors (Lipinski definition) is 4. The van der Waals surface area contributed by atoms with Crippen LogP contribution >= 0.6 is 0 Å². The second kappa shape index (κ2) is 9.75. The van der Waals surface area contributed by atoms with E-state index in [2.05, 4.69) is 60.6 Å². The highest BCUT2D eigenvalue weighted by Gasteiger charge is 2.57. The summed E-state index contributed by atoms with van der Waals surface area (Å²) in [4.78, 5) is 19.1. The van der Waals surface area contributed by atoms with E-state index in [9.17, 15) is 4.79 Å². The Morgan fingerprint density at radius 2 is 2.05 bits per heavy atom. The van der Waals surface area contributed by atoms with E-state index in [-0.39, 0.29) is 11.4 Å². The lowest BCUT2D eigenvalue weighted by Crippen LogP contribution is -2.53. The number of carbonyl (C=O) groups excluding carboxylic acids is 1. The van der Waals surface area contributed by atoms with Crippen molar-refractivity contribution in [1.82, 2.24) is 9.88 Å². The number of nitrogens with one attached hydrogen (secondary N) is 1. The number of H-pyrrole nitrogens is 1. The van der Waals surface area contributed by atoms with E-state index in [1.54, 1.807) is 7.11 Å². The Balaban J connectivity index is 1.16. The Kier molecular flexibility index (Phi) is 6.54. The van der Waals surface area contributed by atoms with Gasteiger partial charge < -0.3 is 14.1 Å². The second-order valence-corrected chi connectivity index (χ2v) is 12.6. The average Bonchev–Trinajstić information content (AvgIpc) is 3.51. The number of aryl methyl sites for hydroxylation is 1. The fraction of sp³-hybridized carbons (Fsp3) is 0.545. The number of aromatic nitrogens is 1.